The second-order valence-corrected chi connectivity index (χ2v) is 7.60. The highest BCUT2D eigenvalue weighted by atomic mass is 16.5. The van der Waals surface area contributed by atoms with Crippen LogP contribution in [0.4, 0.5) is 0 Å². The SMILES string of the molecule is COc1c(CC=C(C)C)c(O)c2c(=O)c3cccc(O)c3oc2c1CC=C(C)C. The Morgan fingerprint density at radius 3 is 2.21 bits per heavy atom. The molecule has 0 fully saturated rings. The number of ether oxygens (including phenoxy) is 1. The standard InChI is InChI=1S/C24H26O5/c1-13(2)9-11-16-21(27)19-20(26)15-7-6-8-18(25)23(15)29-24(19)17(22(16)28-5)12-10-14(3)4/h6-10,25,27H,11-12H2,1-5H3. The zero-order valence-electron chi connectivity index (χ0n) is 17.4. The van der Waals surface area contributed by atoms with Crippen molar-refractivity contribution in [3.8, 4) is 17.2 Å². The molecule has 3 aromatic rings. The maximum atomic E-state index is 13.2. The molecule has 0 radical (unpaired) electrons. The first-order valence-corrected chi connectivity index (χ1v) is 9.52. The summed E-state index contributed by atoms with van der Waals surface area (Å²) in [5, 5.41) is 21.6. The zero-order valence-corrected chi connectivity index (χ0v) is 17.4. The summed E-state index contributed by atoms with van der Waals surface area (Å²) >= 11 is 0. The van der Waals surface area contributed by atoms with E-state index in [4.69, 9.17) is 9.15 Å². The van der Waals surface area contributed by atoms with E-state index in [9.17, 15) is 15.0 Å². The molecule has 2 aromatic carbocycles. The molecule has 5 nitrogen and oxygen atoms in total. The van der Waals surface area contributed by atoms with Gasteiger partial charge in [0.1, 0.15) is 22.5 Å². The van der Waals surface area contributed by atoms with Gasteiger partial charge in [-0.1, -0.05) is 29.4 Å². The van der Waals surface area contributed by atoms with E-state index < -0.39 is 0 Å². The maximum Gasteiger partial charge on any atom is 0.204 e. The van der Waals surface area contributed by atoms with Gasteiger partial charge in [-0.15, -0.1) is 0 Å². The fourth-order valence-corrected chi connectivity index (χ4v) is 3.41. The molecule has 0 atom stereocenters. The minimum atomic E-state index is -0.380. The first-order valence-electron chi connectivity index (χ1n) is 9.52. The Hall–Kier alpha value is -3.21. The third-order valence-electron chi connectivity index (χ3n) is 4.88. The third kappa shape index (κ3) is 3.73. The fraction of sp³-hybridized carbons (Fsp3) is 0.292. The quantitative estimate of drug-likeness (QED) is 0.448. The van der Waals surface area contributed by atoms with Gasteiger partial charge in [0.25, 0.3) is 0 Å². The lowest BCUT2D eigenvalue weighted by atomic mass is 9.96. The highest BCUT2D eigenvalue weighted by Gasteiger charge is 2.24. The van der Waals surface area contributed by atoms with Crippen LogP contribution in [-0.2, 0) is 12.8 Å². The van der Waals surface area contributed by atoms with E-state index in [1.165, 1.54) is 13.2 Å². The molecule has 5 heteroatoms. The van der Waals surface area contributed by atoms with Crippen LogP contribution in [0.5, 0.6) is 17.2 Å². The molecular formula is C24H26O5. The largest absolute Gasteiger partial charge is 0.507 e. The number of fused-ring (bicyclic) bond motifs is 2. The second-order valence-electron chi connectivity index (χ2n) is 7.60. The first-order chi connectivity index (χ1) is 13.8. The monoisotopic (exact) mass is 394 g/mol. The molecule has 2 N–H and O–H groups in total. The highest BCUT2D eigenvalue weighted by molar-refractivity contribution is 5.98. The van der Waals surface area contributed by atoms with Gasteiger partial charge in [-0.3, -0.25) is 4.79 Å². The van der Waals surface area contributed by atoms with Crippen molar-refractivity contribution in [3.05, 3.63) is 62.8 Å². The number of allylic oxidation sites excluding steroid dienone is 4. The van der Waals surface area contributed by atoms with Crippen molar-refractivity contribution in [2.24, 2.45) is 0 Å². The van der Waals surface area contributed by atoms with E-state index >= 15 is 0 Å². The summed E-state index contributed by atoms with van der Waals surface area (Å²) in [6.45, 7) is 7.91. The third-order valence-corrected chi connectivity index (χ3v) is 4.88. The minimum Gasteiger partial charge on any atom is -0.507 e. The summed E-state index contributed by atoms with van der Waals surface area (Å²) in [6.07, 6.45) is 4.87. The van der Waals surface area contributed by atoms with E-state index in [0.717, 1.165) is 11.1 Å². The zero-order chi connectivity index (χ0) is 21.3. The molecule has 0 saturated heterocycles. The summed E-state index contributed by atoms with van der Waals surface area (Å²) in [5.74, 6) is 0.221. The molecule has 0 amide bonds. The molecule has 0 aliphatic rings. The van der Waals surface area contributed by atoms with Crippen molar-refractivity contribution >= 4 is 21.9 Å². The lowest BCUT2D eigenvalue weighted by Crippen LogP contribution is -2.08. The van der Waals surface area contributed by atoms with Gasteiger partial charge in [0, 0.05) is 11.1 Å². The number of phenols is 2. The number of aromatic hydroxyl groups is 2. The van der Waals surface area contributed by atoms with Gasteiger partial charge in [0.2, 0.25) is 5.43 Å². The molecule has 0 aliphatic heterocycles. The normalized spacial score (nSPS) is 10.9. The Balaban J connectivity index is 2.53. The Bertz CT molecular complexity index is 1200. The number of hydrogen-bond acceptors (Lipinski definition) is 5. The lowest BCUT2D eigenvalue weighted by Gasteiger charge is -2.17. The van der Waals surface area contributed by atoms with Crippen LogP contribution in [0.2, 0.25) is 0 Å². The van der Waals surface area contributed by atoms with Crippen LogP contribution in [0.3, 0.4) is 0 Å². The molecule has 0 spiro atoms. The number of benzene rings is 2. The van der Waals surface area contributed by atoms with Gasteiger partial charge < -0.3 is 19.4 Å². The molecule has 0 unspecified atom stereocenters. The van der Waals surface area contributed by atoms with Crippen molar-refractivity contribution < 1.29 is 19.4 Å². The number of para-hydroxylation sites is 1. The van der Waals surface area contributed by atoms with Gasteiger partial charge >= 0.3 is 0 Å². The first kappa shape index (κ1) is 20.5. The Morgan fingerprint density at radius 1 is 1.00 bits per heavy atom. The number of rotatable bonds is 5. The molecule has 0 saturated carbocycles. The predicted octanol–water partition coefficient (Wildman–Crippen LogP) is 5.38. The van der Waals surface area contributed by atoms with Crippen LogP contribution in [0.1, 0.15) is 38.8 Å². The molecular weight excluding hydrogens is 368 g/mol. The van der Waals surface area contributed by atoms with Crippen molar-refractivity contribution in [1.82, 2.24) is 0 Å². The molecule has 3 rings (SSSR count). The van der Waals surface area contributed by atoms with Gasteiger partial charge in [-0.05, 0) is 52.7 Å². The average molecular weight is 394 g/mol. The van der Waals surface area contributed by atoms with Gasteiger partial charge in [0.15, 0.2) is 11.3 Å². The molecule has 1 aromatic heterocycles. The minimum absolute atomic E-state index is 0.0990. The van der Waals surface area contributed by atoms with Crippen LogP contribution >= 0.6 is 0 Å². The number of methoxy groups -OCH3 is 1. The summed E-state index contributed by atoms with van der Waals surface area (Å²) < 4.78 is 11.7. The number of hydrogen-bond donors (Lipinski definition) is 2. The molecule has 0 bridgehead atoms. The molecule has 152 valence electrons. The molecule has 1 heterocycles. The van der Waals surface area contributed by atoms with Crippen molar-refractivity contribution in [2.75, 3.05) is 7.11 Å². The Morgan fingerprint density at radius 2 is 1.62 bits per heavy atom. The van der Waals surface area contributed by atoms with Crippen molar-refractivity contribution in [2.45, 2.75) is 40.5 Å². The summed E-state index contributed by atoms with van der Waals surface area (Å²) in [6, 6.07) is 4.62. The number of phenolic OH excluding ortho intramolecular Hbond substituents is 2. The summed E-state index contributed by atoms with van der Waals surface area (Å²) in [4.78, 5) is 13.2. The van der Waals surface area contributed by atoms with Crippen LogP contribution in [0.15, 0.2) is 50.7 Å². The van der Waals surface area contributed by atoms with E-state index in [1.54, 1.807) is 12.1 Å². The van der Waals surface area contributed by atoms with Crippen molar-refractivity contribution in [3.63, 3.8) is 0 Å². The Kier molecular flexibility index (Phi) is 5.69. The predicted molar refractivity (Wildman–Crippen MR) is 116 cm³/mol. The average Bonchev–Trinajstić information content (AvgIpc) is 2.66. The van der Waals surface area contributed by atoms with Crippen LogP contribution in [0.25, 0.3) is 21.9 Å². The van der Waals surface area contributed by atoms with E-state index in [1.807, 2.05) is 39.8 Å². The summed E-state index contributed by atoms with van der Waals surface area (Å²) in [5.41, 5.74) is 3.36. The van der Waals surface area contributed by atoms with Gasteiger partial charge in [0.05, 0.1) is 12.5 Å². The molecule has 29 heavy (non-hydrogen) atoms. The summed E-state index contributed by atoms with van der Waals surface area (Å²) in [7, 11) is 1.54. The fourth-order valence-electron chi connectivity index (χ4n) is 3.41. The molecule has 0 aliphatic carbocycles. The van der Waals surface area contributed by atoms with E-state index in [-0.39, 0.29) is 38.9 Å². The van der Waals surface area contributed by atoms with Crippen LogP contribution in [0, 0.1) is 0 Å². The van der Waals surface area contributed by atoms with Crippen LogP contribution in [-0.4, -0.2) is 17.3 Å². The lowest BCUT2D eigenvalue weighted by molar-refractivity contribution is 0.397. The second kappa shape index (κ2) is 8.03. The van der Waals surface area contributed by atoms with E-state index in [2.05, 4.69) is 0 Å². The maximum absolute atomic E-state index is 13.2. The van der Waals surface area contributed by atoms with Gasteiger partial charge in [-0.2, -0.15) is 0 Å². The Labute approximate surface area is 169 Å². The van der Waals surface area contributed by atoms with Gasteiger partial charge in [-0.25, -0.2) is 0 Å². The smallest absolute Gasteiger partial charge is 0.204 e. The topological polar surface area (TPSA) is 79.9 Å². The van der Waals surface area contributed by atoms with Crippen molar-refractivity contribution in [1.29, 1.82) is 0 Å². The van der Waals surface area contributed by atoms with E-state index in [0.29, 0.717) is 29.7 Å². The van der Waals surface area contributed by atoms with Crippen LogP contribution < -0.4 is 10.2 Å². The highest BCUT2D eigenvalue weighted by Crippen LogP contribution is 2.42.